The first-order valence-corrected chi connectivity index (χ1v) is 6.26. The summed E-state index contributed by atoms with van der Waals surface area (Å²) in [5, 5.41) is 17.3. The second-order valence-electron chi connectivity index (χ2n) is 4.42. The number of benzene rings is 1. The third-order valence-electron chi connectivity index (χ3n) is 3.10. The predicted octanol–water partition coefficient (Wildman–Crippen LogP) is 3.17. The summed E-state index contributed by atoms with van der Waals surface area (Å²) in [4.78, 5) is 0. The maximum atomic E-state index is 9.65. The zero-order valence-corrected chi connectivity index (χ0v) is 10.8. The molecule has 0 saturated carbocycles. The molecule has 1 unspecified atom stereocenters. The molecule has 0 aliphatic rings. The van der Waals surface area contributed by atoms with Gasteiger partial charge in [0.05, 0.1) is 0 Å². The first kappa shape index (κ1) is 12.5. The van der Waals surface area contributed by atoms with Gasteiger partial charge in [-0.3, -0.25) is 4.68 Å². The van der Waals surface area contributed by atoms with E-state index >= 15 is 0 Å². The monoisotopic (exact) mass is 245 g/mol. The summed E-state index contributed by atoms with van der Waals surface area (Å²) >= 11 is 0. The lowest BCUT2D eigenvalue weighted by Crippen LogP contribution is -2.06. The molecule has 2 aromatic rings. The number of nitrogens with one attached hydrogen (secondary N) is 1. The second kappa shape index (κ2) is 5.58. The lowest BCUT2D eigenvalue weighted by Gasteiger charge is -2.09. The van der Waals surface area contributed by atoms with Crippen LogP contribution in [0.4, 0.5) is 5.82 Å². The lowest BCUT2D eigenvalue weighted by atomic mass is 10.2. The van der Waals surface area contributed by atoms with Gasteiger partial charge in [0.1, 0.15) is 11.6 Å². The highest BCUT2D eigenvalue weighted by molar-refractivity contribution is 5.38. The average Bonchev–Trinajstić information content (AvgIpc) is 2.86. The van der Waals surface area contributed by atoms with E-state index in [0.29, 0.717) is 18.3 Å². The number of hydrogen-bond donors (Lipinski definition) is 2. The van der Waals surface area contributed by atoms with Crippen molar-refractivity contribution >= 4 is 5.82 Å². The smallest absolute Gasteiger partial charge is 0.148 e. The largest absolute Gasteiger partial charge is 0.508 e. The maximum absolute atomic E-state index is 9.65. The highest BCUT2D eigenvalue weighted by Crippen LogP contribution is 2.17. The Labute approximate surface area is 107 Å². The van der Waals surface area contributed by atoms with Crippen LogP contribution in [0.2, 0.25) is 0 Å². The molecule has 1 heterocycles. The first-order valence-electron chi connectivity index (χ1n) is 6.26. The van der Waals surface area contributed by atoms with Crippen LogP contribution in [0.1, 0.15) is 31.9 Å². The van der Waals surface area contributed by atoms with Crippen LogP contribution in [0.15, 0.2) is 36.5 Å². The van der Waals surface area contributed by atoms with Crippen molar-refractivity contribution in [2.75, 3.05) is 5.32 Å². The molecule has 0 aliphatic heterocycles. The number of anilines is 1. The molecule has 2 rings (SSSR count). The molecule has 0 saturated heterocycles. The van der Waals surface area contributed by atoms with Gasteiger partial charge >= 0.3 is 0 Å². The van der Waals surface area contributed by atoms with E-state index in [9.17, 15) is 5.11 Å². The van der Waals surface area contributed by atoms with Crippen molar-refractivity contribution < 1.29 is 5.11 Å². The summed E-state index contributed by atoms with van der Waals surface area (Å²) in [6.07, 6.45) is 3.03. The number of phenolic OH excluding ortho intramolecular Hbond substituents is 1. The minimum atomic E-state index is 0.311. The van der Waals surface area contributed by atoms with E-state index in [0.717, 1.165) is 17.8 Å². The zero-order chi connectivity index (χ0) is 13.0. The van der Waals surface area contributed by atoms with E-state index in [2.05, 4.69) is 24.3 Å². The molecule has 0 bridgehead atoms. The molecule has 0 fully saturated rings. The van der Waals surface area contributed by atoms with Crippen molar-refractivity contribution in [3.8, 4) is 5.75 Å². The summed E-state index contributed by atoms with van der Waals surface area (Å²) in [6, 6.07) is 9.67. The molecule has 1 aromatic carbocycles. The number of aromatic hydroxyl groups is 1. The topological polar surface area (TPSA) is 50.1 Å². The van der Waals surface area contributed by atoms with Gasteiger partial charge in [-0.25, -0.2) is 0 Å². The summed E-state index contributed by atoms with van der Waals surface area (Å²) < 4.78 is 1.95. The van der Waals surface area contributed by atoms with E-state index in [1.165, 1.54) is 0 Å². The van der Waals surface area contributed by atoms with Crippen LogP contribution in [0.3, 0.4) is 0 Å². The minimum absolute atomic E-state index is 0.311. The number of rotatable bonds is 5. The Bertz CT molecular complexity index is 507. The summed E-state index contributed by atoms with van der Waals surface area (Å²) in [7, 11) is 0. The van der Waals surface area contributed by atoms with Gasteiger partial charge in [0, 0.05) is 30.4 Å². The molecule has 0 radical (unpaired) electrons. The number of para-hydroxylation sites is 1. The molecule has 18 heavy (non-hydrogen) atoms. The van der Waals surface area contributed by atoms with E-state index in [1.54, 1.807) is 6.07 Å². The highest BCUT2D eigenvalue weighted by Gasteiger charge is 2.05. The van der Waals surface area contributed by atoms with E-state index < -0.39 is 0 Å². The van der Waals surface area contributed by atoms with Gasteiger partial charge in [-0.15, -0.1) is 0 Å². The minimum Gasteiger partial charge on any atom is -0.508 e. The van der Waals surface area contributed by atoms with Crippen LogP contribution in [-0.2, 0) is 6.54 Å². The van der Waals surface area contributed by atoms with Crippen molar-refractivity contribution in [2.45, 2.75) is 32.9 Å². The molecular weight excluding hydrogens is 226 g/mol. The van der Waals surface area contributed by atoms with Crippen molar-refractivity contribution in [3.05, 3.63) is 42.1 Å². The molecule has 0 spiro atoms. The van der Waals surface area contributed by atoms with Crippen molar-refractivity contribution in [3.63, 3.8) is 0 Å². The number of aromatic nitrogens is 2. The van der Waals surface area contributed by atoms with Crippen LogP contribution < -0.4 is 5.32 Å². The molecule has 4 heteroatoms. The van der Waals surface area contributed by atoms with Gasteiger partial charge in [-0.1, -0.05) is 25.1 Å². The van der Waals surface area contributed by atoms with Gasteiger partial charge in [0.2, 0.25) is 0 Å². The summed E-state index contributed by atoms with van der Waals surface area (Å²) in [5.74, 6) is 1.14. The molecule has 2 N–H and O–H groups in total. The molecule has 1 atom stereocenters. The van der Waals surface area contributed by atoms with Gasteiger partial charge in [0.25, 0.3) is 0 Å². The third-order valence-corrected chi connectivity index (χ3v) is 3.10. The predicted molar refractivity (Wildman–Crippen MR) is 72.7 cm³/mol. The van der Waals surface area contributed by atoms with Crippen LogP contribution in [-0.4, -0.2) is 14.9 Å². The van der Waals surface area contributed by atoms with Crippen LogP contribution in [0, 0.1) is 0 Å². The molecule has 1 aromatic heterocycles. The average molecular weight is 245 g/mol. The Kier molecular flexibility index (Phi) is 3.87. The Balaban J connectivity index is 1.98. The van der Waals surface area contributed by atoms with Gasteiger partial charge < -0.3 is 10.4 Å². The molecule has 0 amide bonds. The normalized spacial score (nSPS) is 12.3. The van der Waals surface area contributed by atoms with Gasteiger partial charge in [-0.05, 0) is 19.4 Å². The quantitative estimate of drug-likeness (QED) is 0.850. The number of hydrogen-bond acceptors (Lipinski definition) is 3. The summed E-state index contributed by atoms with van der Waals surface area (Å²) in [5.41, 5.74) is 0.871. The summed E-state index contributed by atoms with van der Waals surface area (Å²) in [6.45, 7) is 4.85. The molecule has 0 aliphatic carbocycles. The van der Waals surface area contributed by atoms with Crippen LogP contribution >= 0.6 is 0 Å². The SMILES string of the molecule is CCC(C)n1ccc(NCc2ccccc2O)n1. The fourth-order valence-electron chi connectivity index (χ4n) is 1.71. The van der Waals surface area contributed by atoms with E-state index in [4.69, 9.17) is 0 Å². The van der Waals surface area contributed by atoms with E-state index in [-0.39, 0.29) is 0 Å². The second-order valence-corrected chi connectivity index (χ2v) is 4.42. The Morgan fingerprint density at radius 1 is 1.33 bits per heavy atom. The van der Waals surface area contributed by atoms with Crippen LogP contribution in [0.5, 0.6) is 5.75 Å². The van der Waals surface area contributed by atoms with Crippen molar-refractivity contribution in [1.29, 1.82) is 0 Å². The fraction of sp³-hybridized carbons (Fsp3) is 0.357. The van der Waals surface area contributed by atoms with Crippen molar-refractivity contribution in [1.82, 2.24) is 9.78 Å². The van der Waals surface area contributed by atoms with Gasteiger partial charge in [-0.2, -0.15) is 5.10 Å². The molecule has 96 valence electrons. The number of nitrogens with zero attached hydrogens (tertiary/aromatic N) is 2. The Hall–Kier alpha value is -1.97. The third kappa shape index (κ3) is 2.83. The van der Waals surface area contributed by atoms with Gasteiger partial charge in [0.15, 0.2) is 0 Å². The first-order chi connectivity index (χ1) is 8.70. The highest BCUT2D eigenvalue weighted by atomic mass is 16.3. The lowest BCUT2D eigenvalue weighted by molar-refractivity contribution is 0.468. The zero-order valence-electron chi connectivity index (χ0n) is 10.8. The molecular formula is C14H19N3O. The Morgan fingerprint density at radius 2 is 2.11 bits per heavy atom. The van der Waals surface area contributed by atoms with E-state index in [1.807, 2.05) is 35.1 Å². The molecule has 4 nitrogen and oxygen atoms in total. The fourth-order valence-corrected chi connectivity index (χ4v) is 1.71. The maximum Gasteiger partial charge on any atom is 0.148 e. The standard InChI is InChI=1S/C14H19N3O/c1-3-11(2)17-9-8-14(16-17)15-10-12-6-4-5-7-13(12)18/h4-9,11,18H,3,10H2,1-2H3,(H,15,16). The Morgan fingerprint density at radius 3 is 2.83 bits per heavy atom. The van der Waals surface area contributed by atoms with Crippen molar-refractivity contribution in [2.24, 2.45) is 0 Å². The van der Waals surface area contributed by atoms with Crippen LogP contribution in [0.25, 0.3) is 0 Å². The number of phenols is 1.